The summed E-state index contributed by atoms with van der Waals surface area (Å²) in [5, 5.41) is 13.9. The van der Waals surface area contributed by atoms with E-state index in [1.807, 2.05) is 17.5 Å². The van der Waals surface area contributed by atoms with Gasteiger partial charge in [0.2, 0.25) is 5.91 Å². The minimum atomic E-state index is -1.04. The number of amides is 1. The molecule has 0 radical (unpaired) electrons. The zero-order chi connectivity index (χ0) is 13.8. The average molecular weight is 293 g/mol. The van der Waals surface area contributed by atoms with E-state index in [2.05, 4.69) is 5.32 Å². The molecule has 2 N–H and O–H groups in total. The van der Waals surface area contributed by atoms with Crippen molar-refractivity contribution in [2.75, 3.05) is 5.32 Å². The van der Waals surface area contributed by atoms with Crippen molar-refractivity contribution in [3.63, 3.8) is 0 Å². The van der Waals surface area contributed by atoms with Gasteiger partial charge in [0.05, 0.1) is 5.56 Å². The van der Waals surface area contributed by atoms with Crippen LogP contribution in [0.2, 0.25) is 0 Å². The lowest BCUT2D eigenvalue weighted by atomic mass is 10.3. The molecule has 0 atom stereocenters. The monoisotopic (exact) mass is 293 g/mol. The van der Waals surface area contributed by atoms with Crippen LogP contribution >= 0.6 is 22.7 Å². The van der Waals surface area contributed by atoms with Crippen LogP contribution in [-0.2, 0) is 4.79 Å². The second kappa shape index (κ2) is 5.81. The number of carbonyl (C=O) groups is 2. The maximum atomic E-state index is 11.7. The van der Waals surface area contributed by atoms with Gasteiger partial charge in [-0.15, -0.1) is 22.7 Å². The fourth-order valence-corrected chi connectivity index (χ4v) is 2.99. The normalized spacial score (nSPS) is 10.8. The molecule has 0 fully saturated rings. The molecule has 2 rings (SSSR count). The van der Waals surface area contributed by atoms with Gasteiger partial charge in [-0.1, -0.05) is 6.07 Å². The summed E-state index contributed by atoms with van der Waals surface area (Å²) in [6.07, 6.45) is 3.09. The third kappa shape index (κ3) is 3.52. The van der Waals surface area contributed by atoms with Gasteiger partial charge in [-0.25, -0.2) is 4.79 Å². The number of carboxylic acids is 1. The zero-order valence-electron chi connectivity index (χ0n) is 10.0. The van der Waals surface area contributed by atoms with Crippen molar-refractivity contribution in [3.8, 4) is 0 Å². The number of anilines is 1. The third-order valence-electron chi connectivity index (χ3n) is 2.26. The van der Waals surface area contributed by atoms with Crippen LogP contribution in [0.1, 0.15) is 20.1 Å². The van der Waals surface area contributed by atoms with Gasteiger partial charge < -0.3 is 10.4 Å². The number of hydrogen-bond acceptors (Lipinski definition) is 4. The first-order chi connectivity index (χ1) is 9.06. The first kappa shape index (κ1) is 13.5. The van der Waals surface area contributed by atoms with Gasteiger partial charge in [0.25, 0.3) is 0 Å². The van der Waals surface area contributed by atoms with Crippen LogP contribution < -0.4 is 5.32 Å². The Morgan fingerprint density at radius 2 is 2.21 bits per heavy atom. The molecule has 2 aromatic heterocycles. The molecule has 2 aromatic rings. The lowest BCUT2D eigenvalue weighted by Crippen LogP contribution is -2.09. The van der Waals surface area contributed by atoms with Crippen molar-refractivity contribution in [1.82, 2.24) is 0 Å². The van der Waals surface area contributed by atoms with Crippen LogP contribution in [0, 0.1) is 6.92 Å². The largest absolute Gasteiger partial charge is 0.478 e. The summed E-state index contributed by atoms with van der Waals surface area (Å²) in [4.78, 5) is 24.5. The number of hydrogen-bond donors (Lipinski definition) is 2. The number of carbonyl (C=O) groups excluding carboxylic acids is 1. The van der Waals surface area contributed by atoms with E-state index >= 15 is 0 Å². The van der Waals surface area contributed by atoms with Crippen LogP contribution in [0.15, 0.2) is 29.7 Å². The Morgan fingerprint density at radius 1 is 1.42 bits per heavy atom. The van der Waals surface area contributed by atoms with Gasteiger partial charge in [0.1, 0.15) is 5.00 Å². The molecule has 0 spiro atoms. The topological polar surface area (TPSA) is 66.4 Å². The molecule has 0 aliphatic rings. The van der Waals surface area contributed by atoms with Gasteiger partial charge in [0, 0.05) is 15.8 Å². The quantitative estimate of drug-likeness (QED) is 0.848. The van der Waals surface area contributed by atoms with Crippen molar-refractivity contribution in [2.45, 2.75) is 6.92 Å². The molecule has 0 aromatic carbocycles. The minimum Gasteiger partial charge on any atom is -0.478 e. The molecule has 0 unspecified atom stereocenters. The molecule has 0 saturated carbocycles. The van der Waals surface area contributed by atoms with E-state index in [1.54, 1.807) is 19.1 Å². The minimum absolute atomic E-state index is 0.125. The smallest absolute Gasteiger partial charge is 0.338 e. The number of carboxylic acid groups (broad SMARTS) is 1. The fourth-order valence-electron chi connectivity index (χ4n) is 1.46. The molecule has 4 nitrogen and oxygen atoms in total. The predicted octanol–water partition coefficient (Wildman–Crippen LogP) is 3.47. The highest BCUT2D eigenvalue weighted by molar-refractivity contribution is 7.16. The van der Waals surface area contributed by atoms with E-state index in [4.69, 9.17) is 5.11 Å². The molecule has 0 aliphatic carbocycles. The fraction of sp³-hybridized carbons (Fsp3) is 0.0769. The summed E-state index contributed by atoms with van der Waals surface area (Å²) in [6.45, 7) is 1.80. The Hall–Kier alpha value is -1.92. The third-order valence-corrected chi connectivity index (χ3v) is 4.07. The van der Waals surface area contributed by atoms with Crippen LogP contribution in [0.4, 0.5) is 5.00 Å². The van der Waals surface area contributed by atoms with E-state index in [9.17, 15) is 9.59 Å². The van der Waals surface area contributed by atoms with Gasteiger partial charge in [0.15, 0.2) is 0 Å². The standard InChI is InChI=1S/C13H11NO3S2/c1-8-7-10(13(16)17)12(19-8)14-11(15)5-4-9-3-2-6-18-9/h2-7H,1H3,(H,14,15)(H,16,17)/b5-4+. The van der Waals surface area contributed by atoms with Gasteiger partial charge in [-0.05, 0) is 30.5 Å². The second-order valence-corrected chi connectivity index (χ2v) is 5.98. The zero-order valence-corrected chi connectivity index (χ0v) is 11.7. The summed E-state index contributed by atoms with van der Waals surface area (Å²) >= 11 is 2.78. The SMILES string of the molecule is Cc1cc(C(=O)O)c(NC(=O)/C=C/c2cccs2)s1. The summed E-state index contributed by atoms with van der Waals surface area (Å²) in [5.74, 6) is -1.38. The highest BCUT2D eigenvalue weighted by Crippen LogP contribution is 2.27. The van der Waals surface area contributed by atoms with Crippen LogP contribution in [0.25, 0.3) is 6.08 Å². The summed E-state index contributed by atoms with van der Waals surface area (Å²) in [5.41, 5.74) is 0.125. The predicted molar refractivity (Wildman–Crippen MR) is 78.0 cm³/mol. The lowest BCUT2D eigenvalue weighted by Gasteiger charge is -1.99. The first-order valence-electron chi connectivity index (χ1n) is 5.42. The highest BCUT2D eigenvalue weighted by Gasteiger charge is 2.14. The second-order valence-electron chi connectivity index (χ2n) is 3.74. The molecule has 6 heteroatoms. The molecule has 0 aliphatic heterocycles. The van der Waals surface area contributed by atoms with Crippen molar-refractivity contribution < 1.29 is 14.7 Å². The average Bonchev–Trinajstić information content (AvgIpc) is 2.96. The number of aromatic carboxylic acids is 1. The van der Waals surface area contributed by atoms with Crippen molar-refractivity contribution >= 4 is 45.6 Å². The number of thiophene rings is 2. The Bertz CT molecular complexity index is 626. The van der Waals surface area contributed by atoms with E-state index in [0.29, 0.717) is 5.00 Å². The summed E-state index contributed by atoms with van der Waals surface area (Å²) in [7, 11) is 0. The number of nitrogens with one attached hydrogen (secondary N) is 1. The van der Waals surface area contributed by atoms with E-state index in [-0.39, 0.29) is 11.5 Å². The lowest BCUT2D eigenvalue weighted by molar-refractivity contribution is -0.111. The van der Waals surface area contributed by atoms with Crippen molar-refractivity contribution in [2.24, 2.45) is 0 Å². The van der Waals surface area contributed by atoms with Crippen LogP contribution in [-0.4, -0.2) is 17.0 Å². The maximum absolute atomic E-state index is 11.7. The Kier molecular flexibility index (Phi) is 4.13. The maximum Gasteiger partial charge on any atom is 0.338 e. The van der Waals surface area contributed by atoms with E-state index in [0.717, 1.165) is 9.75 Å². The van der Waals surface area contributed by atoms with Crippen molar-refractivity contribution in [3.05, 3.63) is 45.0 Å². The molecule has 1 amide bonds. The number of aryl methyl sites for hydroxylation is 1. The molecule has 2 heterocycles. The van der Waals surface area contributed by atoms with Gasteiger partial charge >= 0.3 is 5.97 Å². The van der Waals surface area contributed by atoms with E-state index in [1.165, 1.54) is 28.7 Å². The Morgan fingerprint density at radius 3 is 2.84 bits per heavy atom. The molecule has 0 saturated heterocycles. The van der Waals surface area contributed by atoms with Crippen LogP contribution in [0.5, 0.6) is 0 Å². The highest BCUT2D eigenvalue weighted by atomic mass is 32.1. The Labute approximate surface area is 118 Å². The summed E-state index contributed by atoms with van der Waals surface area (Å²) in [6, 6.07) is 5.34. The van der Waals surface area contributed by atoms with Gasteiger partial charge in [-0.2, -0.15) is 0 Å². The Balaban J connectivity index is 2.09. The molecule has 19 heavy (non-hydrogen) atoms. The molecular formula is C13H11NO3S2. The molecule has 0 bridgehead atoms. The number of rotatable bonds is 4. The van der Waals surface area contributed by atoms with E-state index < -0.39 is 5.97 Å². The van der Waals surface area contributed by atoms with Gasteiger partial charge in [-0.3, -0.25) is 4.79 Å². The molecular weight excluding hydrogens is 282 g/mol. The van der Waals surface area contributed by atoms with Crippen LogP contribution in [0.3, 0.4) is 0 Å². The molecule has 98 valence electrons. The first-order valence-corrected chi connectivity index (χ1v) is 7.12. The van der Waals surface area contributed by atoms with Crippen molar-refractivity contribution in [1.29, 1.82) is 0 Å². The summed E-state index contributed by atoms with van der Waals surface area (Å²) < 4.78 is 0.